The van der Waals surface area contributed by atoms with Crippen LogP contribution in [0.25, 0.3) is 5.69 Å². The first kappa shape index (κ1) is 18.4. The Labute approximate surface area is 157 Å². The first-order valence-corrected chi connectivity index (χ1v) is 8.85. The Hall–Kier alpha value is -3.41. The molecule has 6 nitrogen and oxygen atoms in total. The summed E-state index contributed by atoms with van der Waals surface area (Å²) in [5.41, 5.74) is 0.863. The number of hydrogen-bond donors (Lipinski definition) is 0. The van der Waals surface area contributed by atoms with E-state index in [2.05, 4.69) is 17.0 Å². The maximum atomic E-state index is 12.0. The zero-order chi connectivity index (χ0) is 18.9. The zero-order valence-corrected chi connectivity index (χ0v) is 15.1. The van der Waals surface area contributed by atoms with Crippen LogP contribution in [0.3, 0.4) is 0 Å². The topological polar surface area (TPSA) is 65.7 Å². The average molecular weight is 363 g/mol. The average Bonchev–Trinajstić information content (AvgIpc) is 2.70. The van der Waals surface area contributed by atoms with E-state index >= 15 is 0 Å². The van der Waals surface area contributed by atoms with Gasteiger partial charge >= 0.3 is 6.09 Å². The van der Waals surface area contributed by atoms with Gasteiger partial charge in [-0.05, 0) is 30.7 Å². The Morgan fingerprint density at radius 3 is 2.48 bits per heavy atom. The van der Waals surface area contributed by atoms with Crippen molar-refractivity contribution in [1.29, 1.82) is 0 Å². The van der Waals surface area contributed by atoms with E-state index in [1.807, 2.05) is 36.4 Å². The van der Waals surface area contributed by atoms with Gasteiger partial charge in [-0.3, -0.25) is 0 Å². The highest BCUT2D eigenvalue weighted by molar-refractivity contribution is 5.71. The van der Waals surface area contributed by atoms with Crippen molar-refractivity contribution < 1.29 is 14.3 Å². The highest BCUT2D eigenvalue weighted by atomic mass is 16.5. The van der Waals surface area contributed by atoms with Crippen molar-refractivity contribution >= 4 is 6.09 Å². The summed E-state index contributed by atoms with van der Waals surface area (Å²) < 4.78 is 12.7. The highest BCUT2D eigenvalue weighted by Gasteiger charge is 2.07. The van der Waals surface area contributed by atoms with Gasteiger partial charge in [0.15, 0.2) is 0 Å². The number of amides is 1. The minimum Gasteiger partial charge on any atom is -0.478 e. The van der Waals surface area contributed by atoms with E-state index in [9.17, 15) is 4.79 Å². The van der Waals surface area contributed by atoms with Crippen molar-refractivity contribution in [2.75, 3.05) is 6.61 Å². The molecule has 0 aliphatic heterocycles. The predicted molar refractivity (Wildman–Crippen MR) is 102 cm³/mol. The van der Waals surface area contributed by atoms with Gasteiger partial charge in [0, 0.05) is 6.07 Å². The summed E-state index contributed by atoms with van der Waals surface area (Å²) in [5.74, 6) is 0.956. The number of unbranched alkanes of at least 4 members (excludes halogenated alkanes) is 1. The van der Waals surface area contributed by atoms with Crippen LogP contribution >= 0.6 is 0 Å². The normalized spacial score (nSPS) is 11.2. The van der Waals surface area contributed by atoms with Crippen molar-refractivity contribution in [2.45, 2.75) is 19.8 Å². The van der Waals surface area contributed by atoms with Crippen LogP contribution in [0.4, 0.5) is 4.79 Å². The number of carbonyl (C=O) groups excluding carboxylic acids is 1. The molecule has 0 saturated heterocycles. The molecule has 0 atom stereocenters. The largest absolute Gasteiger partial charge is 0.478 e. The molecule has 3 aromatic rings. The highest BCUT2D eigenvalue weighted by Crippen LogP contribution is 2.14. The van der Waals surface area contributed by atoms with Crippen LogP contribution in [-0.4, -0.2) is 22.5 Å². The Balaban J connectivity index is 1.87. The molecule has 0 bridgehead atoms. The molecule has 0 radical (unpaired) electrons. The molecule has 0 fully saturated rings. The molecule has 0 N–H and O–H groups in total. The second-order valence-corrected chi connectivity index (χ2v) is 5.79. The fourth-order valence-corrected chi connectivity index (χ4v) is 2.36. The third-order valence-corrected chi connectivity index (χ3v) is 3.70. The number of benzene rings is 2. The fourth-order valence-electron chi connectivity index (χ4n) is 2.36. The second kappa shape index (κ2) is 9.33. The van der Waals surface area contributed by atoms with Gasteiger partial charge in [-0.2, -0.15) is 10.1 Å². The molecular weight excluding hydrogens is 342 g/mol. The van der Waals surface area contributed by atoms with Crippen molar-refractivity contribution in [3.8, 4) is 17.3 Å². The van der Waals surface area contributed by atoms with Gasteiger partial charge in [-0.25, -0.2) is 9.48 Å². The Kier molecular flexibility index (Phi) is 6.35. The summed E-state index contributed by atoms with van der Waals surface area (Å²) in [4.78, 5) is 16.0. The summed E-state index contributed by atoms with van der Waals surface area (Å²) in [5, 5.41) is 4.75. The summed E-state index contributed by atoms with van der Waals surface area (Å²) in [6, 6.07) is 20.1. The van der Waals surface area contributed by atoms with Gasteiger partial charge in [0.05, 0.1) is 23.8 Å². The number of hydrogen-bond acceptors (Lipinski definition) is 4. The van der Waals surface area contributed by atoms with Crippen LogP contribution in [0.1, 0.15) is 19.8 Å². The molecule has 0 aliphatic carbocycles. The molecule has 3 rings (SSSR count). The van der Waals surface area contributed by atoms with Crippen LogP contribution in [-0.2, 0) is 0 Å². The van der Waals surface area contributed by atoms with E-state index in [0.717, 1.165) is 18.5 Å². The third-order valence-electron chi connectivity index (χ3n) is 3.70. The molecule has 0 spiro atoms. The summed E-state index contributed by atoms with van der Waals surface area (Å²) in [6.45, 7) is 2.65. The lowest BCUT2D eigenvalue weighted by Crippen LogP contribution is -2.16. The minimum atomic E-state index is -0.708. The Morgan fingerprint density at radius 1 is 1.07 bits per heavy atom. The van der Waals surface area contributed by atoms with Gasteiger partial charge in [0.25, 0.3) is 0 Å². The number of rotatable bonds is 6. The first-order valence-electron chi connectivity index (χ1n) is 8.85. The number of ether oxygens (including phenoxy) is 2. The molecule has 0 saturated carbocycles. The van der Waals surface area contributed by atoms with Crippen molar-refractivity contribution in [2.24, 2.45) is 4.99 Å². The molecular formula is C21H21N3O3. The van der Waals surface area contributed by atoms with Crippen LogP contribution in [0.5, 0.6) is 11.6 Å². The van der Waals surface area contributed by atoms with Gasteiger partial charge in [0.1, 0.15) is 5.75 Å². The van der Waals surface area contributed by atoms with Crippen LogP contribution in [0.2, 0.25) is 0 Å². The number of carbonyl (C=O) groups is 1. The lowest BCUT2D eigenvalue weighted by atomic mass is 10.3. The van der Waals surface area contributed by atoms with Crippen LogP contribution < -0.4 is 14.8 Å². The monoisotopic (exact) mass is 363 g/mol. The second-order valence-electron chi connectivity index (χ2n) is 5.79. The molecule has 1 heterocycles. The van der Waals surface area contributed by atoms with E-state index in [-0.39, 0.29) is 0 Å². The minimum absolute atomic E-state index is 0.370. The molecule has 0 unspecified atom stereocenters. The number of aromatic nitrogens is 2. The zero-order valence-electron chi connectivity index (χ0n) is 15.1. The Bertz CT molecular complexity index is 938. The van der Waals surface area contributed by atoms with Gasteiger partial charge in [-0.15, -0.1) is 0 Å². The van der Waals surface area contributed by atoms with Crippen molar-refractivity contribution in [3.63, 3.8) is 0 Å². The van der Waals surface area contributed by atoms with Gasteiger partial charge in [-0.1, -0.05) is 49.7 Å². The number of para-hydroxylation sites is 2. The van der Waals surface area contributed by atoms with Gasteiger partial charge in [0.2, 0.25) is 5.88 Å². The Morgan fingerprint density at radius 2 is 1.78 bits per heavy atom. The maximum Gasteiger partial charge on any atom is 0.439 e. The van der Waals surface area contributed by atoms with E-state index < -0.39 is 6.09 Å². The quantitative estimate of drug-likeness (QED) is 0.617. The molecule has 138 valence electrons. The fraction of sp³-hybridized carbons (Fsp3) is 0.190. The maximum absolute atomic E-state index is 12.0. The lowest BCUT2D eigenvalue weighted by molar-refractivity contribution is 0.210. The molecule has 1 amide bonds. The van der Waals surface area contributed by atoms with Crippen molar-refractivity contribution in [3.05, 3.63) is 78.3 Å². The molecule has 6 heteroatoms. The molecule has 0 aliphatic rings. The predicted octanol–water partition coefficient (Wildman–Crippen LogP) is 4.15. The summed E-state index contributed by atoms with van der Waals surface area (Å²) in [6.07, 6.45) is 2.74. The summed E-state index contributed by atoms with van der Waals surface area (Å²) >= 11 is 0. The van der Waals surface area contributed by atoms with Crippen LogP contribution in [0, 0.1) is 0 Å². The van der Waals surface area contributed by atoms with E-state index in [1.165, 1.54) is 6.20 Å². The smallest absolute Gasteiger partial charge is 0.439 e. The standard InChI is InChI=1S/C21H21N3O3/c1-2-3-14-26-20-15-17(16-22-24(20)18-10-6-4-7-11-18)23-21(25)27-19-12-8-5-9-13-19/h4-13,15-16H,2-3,14H2,1H3. The van der Waals surface area contributed by atoms with Crippen LogP contribution in [0.15, 0.2) is 77.9 Å². The van der Waals surface area contributed by atoms with Crippen molar-refractivity contribution in [1.82, 2.24) is 9.78 Å². The lowest BCUT2D eigenvalue weighted by Gasteiger charge is -2.13. The molecule has 27 heavy (non-hydrogen) atoms. The molecule has 2 aromatic carbocycles. The third kappa shape index (κ3) is 5.28. The first-order chi connectivity index (χ1) is 13.3. The number of nitrogens with zero attached hydrogens (tertiary/aromatic N) is 3. The SMILES string of the molecule is CCCCOc1cc(=NC(=O)Oc2ccccc2)cnn1-c1ccccc1. The molecule has 1 aromatic heterocycles. The van der Waals surface area contributed by atoms with E-state index in [1.54, 1.807) is 35.0 Å². The summed E-state index contributed by atoms with van der Waals surface area (Å²) in [7, 11) is 0. The van der Waals surface area contributed by atoms with Gasteiger partial charge < -0.3 is 9.47 Å². The van der Waals surface area contributed by atoms with E-state index in [0.29, 0.717) is 23.6 Å². The van der Waals surface area contributed by atoms with E-state index in [4.69, 9.17) is 9.47 Å².